The van der Waals surface area contributed by atoms with E-state index in [0.29, 0.717) is 41.7 Å². The van der Waals surface area contributed by atoms with E-state index in [-0.39, 0.29) is 52.6 Å². The summed E-state index contributed by atoms with van der Waals surface area (Å²) in [6, 6.07) is 16.7. The number of halogens is 5. The Morgan fingerprint density at radius 2 is 1.62 bits per heavy atom. The summed E-state index contributed by atoms with van der Waals surface area (Å²) in [4.78, 5) is 33.3. The molecule has 1 aromatic heterocycles. The van der Waals surface area contributed by atoms with E-state index in [9.17, 15) is 22.8 Å². The van der Waals surface area contributed by atoms with Crippen LogP contribution in [0.25, 0.3) is 0 Å². The van der Waals surface area contributed by atoms with Crippen molar-refractivity contribution in [3.8, 4) is 11.5 Å². The van der Waals surface area contributed by atoms with Crippen molar-refractivity contribution in [1.29, 1.82) is 0 Å². The second kappa shape index (κ2) is 18.3. The second-order valence-corrected chi connectivity index (χ2v) is 15.4. The molecule has 56 heavy (non-hydrogen) atoms. The van der Waals surface area contributed by atoms with Crippen molar-refractivity contribution in [3.05, 3.63) is 123 Å². The number of hydrogen-bond acceptors (Lipinski definition) is 9. The van der Waals surface area contributed by atoms with Crippen LogP contribution in [0.3, 0.4) is 0 Å². The van der Waals surface area contributed by atoms with Crippen LogP contribution in [0.15, 0.2) is 79.1 Å². The number of carbonyl (C=O) groups excluding carboxylic acids is 2. The normalized spacial score (nSPS) is 20.0. The number of alkyl halides is 2. The zero-order chi connectivity index (χ0) is 39.2. The summed E-state index contributed by atoms with van der Waals surface area (Å²) in [5, 5.41) is 3.74. The molecular formula is C42H42Cl2F3N3O6. The average molecular weight is 813 g/mol. The lowest BCUT2D eigenvalue weighted by molar-refractivity contribution is -0.161. The molecule has 14 heteroatoms. The van der Waals surface area contributed by atoms with E-state index in [0.717, 1.165) is 44.3 Å². The first kappa shape index (κ1) is 39.9. The molecule has 1 unspecified atom stereocenters. The largest absolute Gasteiger partial charge is 0.489 e. The molecule has 3 aliphatic heterocycles. The highest BCUT2D eigenvalue weighted by Gasteiger charge is 2.38. The molecule has 8 rings (SSSR count). The number of benzene rings is 3. The summed E-state index contributed by atoms with van der Waals surface area (Å²) >= 11 is 12.9. The highest BCUT2D eigenvalue weighted by molar-refractivity contribution is 6.35. The van der Waals surface area contributed by atoms with E-state index in [4.69, 9.17) is 42.1 Å². The van der Waals surface area contributed by atoms with Crippen LogP contribution < -0.4 is 14.8 Å². The van der Waals surface area contributed by atoms with Gasteiger partial charge in [-0.3, -0.25) is 20.0 Å². The molecule has 9 nitrogen and oxygen atoms in total. The summed E-state index contributed by atoms with van der Waals surface area (Å²) in [6.45, 7) is 0.208. The fourth-order valence-corrected chi connectivity index (χ4v) is 7.74. The van der Waals surface area contributed by atoms with Crippen LogP contribution in [0.2, 0.25) is 10.0 Å². The first-order valence-corrected chi connectivity index (χ1v) is 19.5. The van der Waals surface area contributed by atoms with Gasteiger partial charge in [0, 0.05) is 37.5 Å². The van der Waals surface area contributed by atoms with E-state index in [1.807, 2.05) is 12.1 Å². The minimum atomic E-state index is -3.06. The molecule has 3 aromatic carbocycles. The Kier molecular flexibility index (Phi) is 13.0. The van der Waals surface area contributed by atoms with Crippen LogP contribution in [-0.4, -0.2) is 60.8 Å². The lowest BCUT2D eigenvalue weighted by Gasteiger charge is -2.44. The van der Waals surface area contributed by atoms with Gasteiger partial charge in [0.1, 0.15) is 24.1 Å². The van der Waals surface area contributed by atoms with Gasteiger partial charge in [0.2, 0.25) is 0 Å². The minimum absolute atomic E-state index is 0.0684. The third kappa shape index (κ3) is 10.3. The lowest BCUT2D eigenvalue weighted by atomic mass is 9.86. The van der Waals surface area contributed by atoms with E-state index < -0.39 is 36.5 Å². The Balaban J connectivity index is 1.03. The number of nitrogens with zero attached hydrogens (tertiary/aromatic N) is 2. The average Bonchev–Trinajstić information content (AvgIpc) is 4.02. The Morgan fingerprint density at radius 1 is 0.911 bits per heavy atom. The van der Waals surface area contributed by atoms with E-state index >= 15 is 0 Å². The number of hydrogen-bond donors (Lipinski definition) is 1. The predicted molar refractivity (Wildman–Crippen MR) is 203 cm³/mol. The number of fused-ring (bicyclic) bond motifs is 3. The molecule has 2 bridgehead atoms. The molecule has 0 radical (unpaired) electrons. The quantitative estimate of drug-likeness (QED) is 0.105. The summed E-state index contributed by atoms with van der Waals surface area (Å²) in [5.41, 5.74) is 2.61. The number of esters is 2. The maximum atomic E-state index is 15.0. The third-order valence-electron chi connectivity index (χ3n) is 10.5. The van der Waals surface area contributed by atoms with Gasteiger partial charge in [-0.2, -0.15) is 8.78 Å². The topological polar surface area (TPSA) is 99.2 Å². The number of piperidine rings is 3. The Morgan fingerprint density at radius 3 is 2.29 bits per heavy atom. The number of nitrogens with one attached hydrogen (secondary N) is 1. The molecule has 4 heterocycles. The van der Waals surface area contributed by atoms with Gasteiger partial charge in [0.05, 0.1) is 23.1 Å². The second-order valence-electron chi connectivity index (χ2n) is 14.5. The van der Waals surface area contributed by atoms with Crippen molar-refractivity contribution in [2.75, 3.05) is 26.2 Å². The Hall–Kier alpha value is -4.36. The fourth-order valence-electron chi connectivity index (χ4n) is 7.22. The Labute approximate surface area is 333 Å². The van der Waals surface area contributed by atoms with Crippen molar-refractivity contribution in [1.82, 2.24) is 15.2 Å². The third-order valence-corrected chi connectivity index (χ3v) is 11.2. The highest BCUT2D eigenvalue weighted by Crippen LogP contribution is 2.38. The van der Waals surface area contributed by atoms with Gasteiger partial charge in [-0.15, -0.1) is 0 Å². The molecular weight excluding hydrogens is 770 g/mol. The minimum Gasteiger partial charge on any atom is -0.489 e. The molecule has 3 atom stereocenters. The zero-order valence-corrected chi connectivity index (χ0v) is 32.0. The maximum Gasteiger partial charge on any atom is 0.387 e. The Bertz CT molecular complexity index is 1970. The molecule has 3 saturated heterocycles. The zero-order valence-electron chi connectivity index (χ0n) is 30.5. The summed E-state index contributed by atoms with van der Waals surface area (Å²) in [5.74, 6) is -0.960. The molecule has 0 spiro atoms. The molecule has 1 saturated carbocycles. The molecule has 4 aliphatic rings. The standard InChI is InChI=1S/C42H42Cl2F3N3O6/c43-32-21-48-22-33(44)31(32)19-36(29-11-12-35(56-42(46)47)37(18-29)53-24-27-9-10-27)54-39(51)17-25-5-7-26(8-6-25)20-49-40(30-3-1-2-4-34(30)45)41(52)55-38-23-50-15-13-28(38)14-16-50/h1-8,11-12,18,21-22,27-28,36,38,40,42,49H,9-10,13-17,19-20,23-24H2/t36-,38-,40?/m0/s1. The van der Waals surface area contributed by atoms with E-state index in [1.54, 1.807) is 30.3 Å². The van der Waals surface area contributed by atoms with Gasteiger partial charge in [-0.25, -0.2) is 9.18 Å². The monoisotopic (exact) mass is 811 g/mol. The molecule has 1 N–H and O–H groups in total. The smallest absolute Gasteiger partial charge is 0.387 e. The van der Waals surface area contributed by atoms with Crippen molar-refractivity contribution in [3.63, 3.8) is 0 Å². The fraction of sp³-hybridized carbons (Fsp3) is 0.405. The molecule has 4 aromatic rings. The van der Waals surface area contributed by atoms with Crippen LogP contribution in [0.1, 0.15) is 65.6 Å². The van der Waals surface area contributed by atoms with Gasteiger partial charge in [0.25, 0.3) is 0 Å². The van der Waals surface area contributed by atoms with Gasteiger partial charge in [-0.1, -0.05) is 71.7 Å². The summed E-state index contributed by atoms with van der Waals surface area (Å²) < 4.78 is 64.0. The van der Waals surface area contributed by atoms with Crippen LogP contribution >= 0.6 is 23.2 Å². The van der Waals surface area contributed by atoms with Crippen molar-refractivity contribution in [2.45, 2.75) is 69.9 Å². The van der Waals surface area contributed by atoms with Gasteiger partial charge >= 0.3 is 18.6 Å². The van der Waals surface area contributed by atoms with E-state index in [2.05, 4.69) is 15.2 Å². The van der Waals surface area contributed by atoms with E-state index in [1.165, 1.54) is 36.7 Å². The molecule has 296 valence electrons. The van der Waals surface area contributed by atoms with Crippen LogP contribution in [0.5, 0.6) is 11.5 Å². The number of aromatic nitrogens is 1. The molecule has 4 fully saturated rings. The van der Waals surface area contributed by atoms with Crippen molar-refractivity contribution in [2.24, 2.45) is 11.8 Å². The van der Waals surface area contributed by atoms with Crippen LogP contribution in [0, 0.1) is 17.7 Å². The first-order chi connectivity index (χ1) is 27.1. The SMILES string of the molecule is O=C(Cc1ccc(CNC(C(=O)O[C@H]2CN3CCC2CC3)c2ccccc2F)cc1)O[C@@H](Cc1c(Cl)cncc1Cl)c1ccc(OC(F)F)c(OCC2CC2)c1. The van der Waals surface area contributed by atoms with Gasteiger partial charge < -0.3 is 18.9 Å². The summed E-state index contributed by atoms with van der Waals surface area (Å²) in [6.07, 6.45) is 5.63. The van der Waals surface area contributed by atoms with Crippen molar-refractivity contribution < 1.29 is 41.7 Å². The number of carbonyl (C=O) groups is 2. The number of pyridine rings is 1. The molecule has 1 aliphatic carbocycles. The first-order valence-electron chi connectivity index (χ1n) is 18.8. The predicted octanol–water partition coefficient (Wildman–Crippen LogP) is 8.46. The van der Waals surface area contributed by atoms with Crippen LogP contribution in [-0.2, 0) is 38.4 Å². The highest BCUT2D eigenvalue weighted by atomic mass is 35.5. The van der Waals surface area contributed by atoms with Crippen LogP contribution in [0.4, 0.5) is 13.2 Å². The maximum absolute atomic E-state index is 15.0. The lowest BCUT2D eigenvalue weighted by Crippen LogP contribution is -2.52. The summed E-state index contributed by atoms with van der Waals surface area (Å²) in [7, 11) is 0. The molecule has 0 amide bonds. The van der Waals surface area contributed by atoms with Crippen molar-refractivity contribution >= 4 is 35.1 Å². The number of rotatable bonds is 17. The van der Waals surface area contributed by atoms with Gasteiger partial charge in [-0.05, 0) is 91.1 Å². The number of ether oxygens (including phenoxy) is 4. The van der Waals surface area contributed by atoms with Gasteiger partial charge in [0.15, 0.2) is 11.5 Å².